The number of carbonyl (C=O) groups excluding carboxylic acids is 2. The fourth-order valence-electron chi connectivity index (χ4n) is 2.31. The van der Waals surface area contributed by atoms with Crippen molar-refractivity contribution >= 4 is 29.9 Å². The van der Waals surface area contributed by atoms with E-state index >= 15 is 0 Å². The maximum absolute atomic E-state index is 12.2. The topological polar surface area (TPSA) is 70.2 Å². The van der Waals surface area contributed by atoms with Crippen molar-refractivity contribution in [1.29, 1.82) is 0 Å². The molecule has 1 atom stereocenters. The van der Waals surface area contributed by atoms with Crippen molar-refractivity contribution in [1.82, 2.24) is 10.6 Å². The van der Waals surface area contributed by atoms with Gasteiger partial charge in [0, 0.05) is 16.8 Å². The normalized spacial score (nSPS) is 17.3. The molecule has 1 fully saturated rings. The van der Waals surface area contributed by atoms with Crippen LogP contribution in [0, 0.1) is 0 Å². The molecular weight excluding hydrogens is 314 g/mol. The predicted octanol–water partition coefficient (Wildman–Crippen LogP) is 2.72. The zero-order valence-electron chi connectivity index (χ0n) is 13.9. The quantitative estimate of drug-likeness (QED) is 0.772. The third-order valence-corrected chi connectivity index (χ3v) is 4.13. The van der Waals surface area contributed by atoms with Crippen molar-refractivity contribution in [2.45, 2.75) is 51.6 Å². The Labute approximate surface area is 144 Å². The van der Waals surface area contributed by atoms with Gasteiger partial charge in [-0.2, -0.15) is 0 Å². The predicted molar refractivity (Wildman–Crippen MR) is 95.2 cm³/mol. The first-order valence-electron chi connectivity index (χ1n) is 7.88. The van der Waals surface area contributed by atoms with Gasteiger partial charge in [0.05, 0.1) is 6.04 Å². The van der Waals surface area contributed by atoms with Crippen molar-refractivity contribution in [3.8, 4) is 0 Å². The van der Waals surface area contributed by atoms with Crippen LogP contribution in [-0.4, -0.2) is 29.9 Å². The van der Waals surface area contributed by atoms with Gasteiger partial charge < -0.3 is 16.0 Å². The Morgan fingerprint density at radius 3 is 2.43 bits per heavy atom. The molecule has 0 radical (unpaired) electrons. The molecule has 5 nitrogen and oxygen atoms in total. The molecule has 23 heavy (non-hydrogen) atoms. The maximum Gasteiger partial charge on any atom is 0.251 e. The van der Waals surface area contributed by atoms with Crippen LogP contribution in [0.4, 0.5) is 5.69 Å². The van der Waals surface area contributed by atoms with Gasteiger partial charge in [-0.3, -0.25) is 9.59 Å². The lowest BCUT2D eigenvalue weighted by molar-refractivity contribution is -0.117. The molecule has 128 valence electrons. The highest BCUT2D eigenvalue weighted by molar-refractivity contribution is 5.97. The lowest BCUT2D eigenvalue weighted by Crippen LogP contribution is -2.42. The van der Waals surface area contributed by atoms with Crippen molar-refractivity contribution in [3.05, 3.63) is 29.8 Å². The molecule has 1 heterocycles. The van der Waals surface area contributed by atoms with Crippen LogP contribution in [0.2, 0.25) is 0 Å². The summed E-state index contributed by atoms with van der Waals surface area (Å²) < 4.78 is 0. The van der Waals surface area contributed by atoms with E-state index in [1.54, 1.807) is 24.3 Å². The van der Waals surface area contributed by atoms with Gasteiger partial charge >= 0.3 is 0 Å². The van der Waals surface area contributed by atoms with Gasteiger partial charge in [0.2, 0.25) is 5.91 Å². The highest BCUT2D eigenvalue weighted by Gasteiger charge is 2.22. The van der Waals surface area contributed by atoms with Crippen LogP contribution < -0.4 is 16.0 Å². The number of anilines is 1. The second kappa shape index (κ2) is 8.31. The van der Waals surface area contributed by atoms with Crippen LogP contribution in [0.15, 0.2) is 24.3 Å². The Morgan fingerprint density at radius 2 is 1.91 bits per heavy atom. The molecule has 0 aromatic heterocycles. The Kier molecular flexibility index (Phi) is 7.03. The minimum atomic E-state index is -0.224. The molecule has 6 heteroatoms. The number of amides is 2. The lowest BCUT2D eigenvalue weighted by Gasteiger charge is -2.24. The van der Waals surface area contributed by atoms with Gasteiger partial charge in [-0.15, -0.1) is 12.4 Å². The highest BCUT2D eigenvalue weighted by Crippen LogP contribution is 2.14. The van der Waals surface area contributed by atoms with Crippen molar-refractivity contribution in [2.24, 2.45) is 0 Å². The number of halogens is 1. The summed E-state index contributed by atoms with van der Waals surface area (Å²) in [5, 5.41) is 9.03. The van der Waals surface area contributed by atoms with E-state index in [4.69, 9.17) is 0 Å². The minimum Gasteiger partial charge on any atom is -0.347 e. The molecule has 0 bridgehead atoms. The molecule has 1 aromatic carbocycles. The molecule has 3 N–H and O–H groups in total. The summed E-state index contributed by atoms with van der Waals surface area (Å²) in [4.78, 5) is 24.2. The third kappa shape index (κ3) is 5.52. The summed E-state index contributed by atoms with van der Waals surface area (Å²) in [6.45, 7) is 6.92. The van der Waals surface area contributed by atoms with E-state index in [0.29, 0.717) is 11.3 Å². The second-order valence-electron chi connectivity index (χ2n) is 6.41. The highest BCUT2D eigenvalue weighted by atomic mass is 35.5. The van der Waals surface area contributed by atoms with E-state index in [9.17, 15) is 9.59 Å². The zero-order valence-corrected chi connectivity index (χ0v) is 14.8. The second-order valence-corrected chi connectivity index (χ2v) is 6.41. The first-order valence-corrected chi connectivity index (χ1v) is 7.88. The summed E-state index contributed by atoms with van der Waals surface area (Å²) >= 11 is 0. The van der Waals surface area contributed by atoms with Crippen LogP contribution in [0.3, 0.4) is 0 Å². The molecule has 1 aromatic rings. The van der Waals surface area contributed by atoms with Crippen LogP contribution in [0.1, 0.15) is 50.4 Å². The lowest BCUT2D eigenvalue weighted by atomic mass is 10.0. The van der Waals surface area contributed by atoms with Crippen molar-refractivity contribution in [3.63, 3.8) is 0 Å². The molecule has 0 aliphatic carbocycles. The first kappa shape index (κ1) is 19.5. The van der Waals surface area contributed by atoms with Crippen LogP contribution in [0.5, 0.6) is 0 Å². The molecule has 2 rings (SSSR count). The summed E-state index contributed by atoms with van der Waals surface area (Å²) in [7, 11) is 0. The van der Waals surface area contributed by atoms with E-state index in [1.807, 2.05) is 20.8 Å². The van der Waals surface area contributed by atoms with Crippen LogP contribution >= 0.6 is 12.4 Å². The van der Waals surface area contributed by atoms with E-state index in [2.05, 4.69) is 16.0 Å². The molecule has 2 amide bonds. The van der Waals surface area contributed by atoms with E-state index in [-0.39, 0.29) is 35.8 Å². The smallest absolute Gasteiger partial charge is 0.251 e. The number of nitrogens with one attached hydrogen (secondary N) is 3. The minimum absolute atomic E-state index is 0. The first-order chi connectivity index (χ1) is 10.4. The fraction of sp³-hybridized carbons (Fsp3) is 0.529. The number of hydrogen-bond acceptors (Lipinski definition) is 3. The average molecular weight is 340 g/mol. The summed E-state index contributed by atoms with van der Waals surface area (Å²) in [5.74, 6) is -0.107. The number of hydrogen-bond donors (Lipinski definition) is 3. The molecule has 1 aliphatic heterocycles. The molecule has 1 saturated heterocycles. The Hall–Kier alpha value is -1.59. The summed E-state index contributed by atoms with van der Waals surface area (Å²) in [5.41, 5.74) is 1.08. The standard InChI is InChI=1S/C17H25N3O2.ClH/c1-4-17(2,3)20-15(21)12-7-9-13(10-8-12)19-16(22)14-6-5-11-18-14;/h7-10,14,18H,4-6,11H2,1-3H3,(H,19,22)(H,20,21);1H. The van der Waals surface area contributed by atoms with E-state index < -0.39 is 0 Å². The Bertz CT molecular complexity index is 537. The van der Waals surface area contributed by atoms with Gasteiger partial charge in [0.15, 0.2) is 0 Å². The summed E-state index contributed by atoms with van der Waals surface area (Å²) in [6.07, 6.45) is 2.77. The fourth-order valence-corrected chi connectivity index (χ4v) is 2.31. The van der Waals surface area contributed by atoms with Gasteiger partial charge in [-0.1, -0.05) is 6.92 Å². The molecule has 1 aliphatic rings. The number of carbonyl (C=O) groups is 2. The van der Waals surface area contributed by atoms with Crippen LogP contribution in [0.25, 0.3) is 0 Å². The van der Waals surface area contributed by atoms with Crippen LogP contribution in [-0.2, 0) is 4.79 Å². The molecule has 0 saturated carbocycles. The maximum atomic E-state index is 12.2. The van der Waals surface area contributed by atoms with Gasteiger partial charge in [0.25, 0.3) is 5.91 Å². The molecule has 1 unspecified atom stereocenters. The Morgan fingerprint density at radius 1 is 1.26 bits per heavy atom. The average Bonchev–Trinajstić information content (AvgIpc) is 3.02. The number of rotatable bonds is 5. The third-order valence-electron chi connectivity index (χ3n) is 4.13. The molecular formula is C17H26ClN3O2. The number of benzene rings is 1. The van der Waals surface area contributed by atoms with Gasteiger partial charge in [0.1, 0.15) is 0 Å². The van der Waals surface area contributed by atoms with Gasteiger partial charge in [-0.05, 0) is 63.9 Å². The SMILES string of the molecule is CCC(C)(C)NC(=O)c1ccc(NC(=O)C2CCCN2)cc1.Cl. The van der Waals surface area contributed by atoms with E-state index in [1.165, 1.54) is 0 Å². The summed E-state index contributed by atoms with van der Waals surface area (Å²) in [6, 6.07) is 6.90. The van der Waals surface area contributed by atoms with E-state index in [0.717, 1.165) is 25.8 Å². The van der Waals surface area contributed by atoms with Crippen molar-refractivity contribution in [2.75, 3.05) is 11.9 Å². The Balaban J connectivity index is 0.00000264. The zero-order chi connectivity index (χ0) is 16.2. The van der Waals surface area contributed by atoms with Gasteiger partial charge in [-0.25, -0.2) is 0 Å². The monoisotopic (exact) mass is 339 g/mol. The molecule has 0 spiro atoms. The largest absolute Gasteiger partial charge is 0.347 e. The van der Waals surface area contributed by atoms with Crippen molar-refractivity contribution < 1.29 is 9.59 Å².